The zero-order chi connectivity index (χ0) is 13.1. The maximum absolute atomic E-state index is 12.1. The molecule has 0 saturated carbocycles. The molecule has 1 heterocycles. The molecule has 5 nitrogen and oxygen atoms in total. The predicted octanol–water partition coefficient (Wildman–Crippen LogP) is 0.0652. The van der Waals surface area contributed by atoms with Crippen molar-refractivity contribution in [2.75, 3.05) is 33.2 Å². The van der Waals surface area contributed by atoms with Gasteiger partial charge in [-0.15, -0.1) is 0 Å². The Morgan fingerprint density at radius 3 is 2.29 bits per heavy atom. The van der Waals surface area contributed by atoms with Crippen LogP contribution in [0.15, 0.2) is 0 Å². The highest BCUT2D eigenvalue weighted by Crippen LogP contribution is 2.17. The monoisotopic (exact) mass is 241 g/mol. The summed E-state index contributed by atoms with van der Waals surface area (Å²) in [4.78, 5) is 27.3. The van der Waals surface area contributed by atoms with Crippen LogP contribution in [0.5, 0.6) is 0 Å². The highest BCUT2D eigenvalue weighted by Gasteiger charge is 2.32. The Morgan fingerprint density at radius 1 is 1.29 bits per heavy atom. The summed E-state index contributed by atoms with van der Waals surface area (Å²) >= 11 is 0. The Kier molecular flexibility index (Phi) is 4.51. The highest BCUT2D eigenvalue weighted by atomic mass is 16.2. The second-order valence-electron chi connectivity index (χ2n) is 5.07. The molecule has 0 bridgehead atoms. The first-order valence-corrected chi connectivity index (χ1v) is 6.18. The molecule has 0 aromatic heterocycles. The number of carbonyl (C=O) groups excluding carboxylic acids is 2. The molecule has 0 atom stereocenters. The predicted molar refractivity (Wildman–Crippen MR) is 66.6 cm³/mol. The summed E-state index contributed by atoms with van der Waals surface area (Å²) in [5.41, 5.74) is -0.277. The van der Waals surface area contributed by atoms with Crippen molar-refractivity contribution >= 4 is 11.8 Å². The summed E-state index contributed by atoms with van der Waals surface area (Å²) in [7, 11) is 1.70. The van der Waals surface area contributed by atoms with Gasteiger partial charge in [0.25, 0.3) is 0 Å². The SMILES string of the molecule is CCC(C)(C)N(C)C(=O)C(=O)N1CCNCC1. The van der Waals surface area contributed by atoms with Crippen molar-refractivity contribution in [3.63, 3.8) is 0 Å². The van der Waals surface area contributed by atoms with Gasteiger partial charge in [0.15, 0.2) is 0 Å². The van der Waals surface area contributed by atoms with Gasteiger partial charge in [0.1, 0.15) is 0 Å². The fraction of sp³-hybridized carbons (Fsp3) is 0.833. The topological polar surface area (TPSA) is 52.7 Å². The van der Waals surface area contributed by atoms with Gasteiger partial charge in [0.2, 0.25) is 0 Å². The van der Waals surface area contributed by atoms with E-state index in [-0.39, 0.29) is 11.4 Å². The van der Waals surface area contributed by atoms with Crippen molar-refractivity contribution in [2.24, 2.45) is 0 Å². The van der Waals surface area contributed by atoms with E-state index < -0.39 is 5.91 Å². The van der Waals surface area contributed by atoms with Crippen LogP contribution in [0.1, 0.15) is 27.2 Å². The third-order valence-electron chi connectivity index (χ3n) is 3.67. The Balaban J connectivity index is 2.65. The van der Waals surface area contributed by atoms with Crippen molar-refractivity contribution in [3.8, 4) is 0 Å². The van der Waals surface area contributed by atoms with Crippen molar-refractivity contribution in [3.05, 3.63) is 0 Å². The van der Waals surface area contributed by atoms with E-state index in [1.807, 2.05) is 20.8 Å². The Hall–Kier alpha value is -1.10. The second kappa shape index (κ2) is 5.49. The summed E-state index contributed by atoms with van der Waals surface area (Å²) in [6, 6.07) is 0. The molecule has 2 amide bonds. The first-order valence-electron chi connectivity index (χ1n) is 6.18. The molecule has 98 valence electrons. The smallest absolute Gasteiger partial charge is 0.312 e. The van der Waals surface area contributed by atoms with Gasteiger partial charge >= 0.3 is 11.8 Å². The number of piperazine rings is 1. The molecule has 0 aromatic rings. The number of hydrogen-bond acceptors (Lipinski definition) is 3. The van der Waals surface area contributed by atoms with Crippen LogP contribution in [0.3, 0.4) is 0 Å². The van der Waals surface area contributed by atoms with Gasteiger partial charge < -0.3 is 15.1 Å². The minimum absolute atomic E-state index is 0.277. The second-order valence-corrected chi connectivity index (χ2v) is 5.07. The van der Waals surface area contributed by atoms with E-state index in [9.17, 15) is 9.59 Å². The lowest BCUT2D eigenvalue weighted by Gasteiger charge is -2.36. The summed E-state index contributed by atoms with van der Waals surface area (Å²) in [5, 5.41) is 3.16. The van der Waals surface area contributed by atoms with E-state index in [0.29, 0.717) is 13.1 Å². The molecule has 1 aliphatic heterocycles. The third-order valence-corrected chi connectivity index (χ3v) is 3.67. The number of nitrogens with one attached hydrogen (secondary N) is 1. The molecule has 1 aliphatic rings. The maximum atomic E-state index is 12.1. The average Bonchev–Trinajstić information content (AvgIpc) is 2.37. The van der Waals surface area contributed by atoms with Crippen LogP contribution in [0.4, 0.5) is 0 Å². The quantitative estimate of drug-likeness (QED) is 0.696. The van der Waals surface area contributed by atoms with Crippen LogP contribution in [0.25, 0.3) is 0 Å². The van der Waals surface area contributed by atoms with Gasteiger partial charge in [0.05, 0.1) is 0 Å². The number of nitrogens with zero attached hydrogens (tertiary/aromatic N) is 2. The summed E-state index contributed by atoms with van der Waals surface area (Å²) in [6.07, 6.45) is 0.823. The van der Waals surface area contributed by atoms with Crippen LogP contribution in [-0.2, 0) is 9.59 Å². The van der Waals surface area contributed by atoms with Gasteiger partial charge in [0, 0.05) is 38.8 Å². The normalized spacial score (nSPS) is 16.8. The number of carbonyl (C=O) groups is 2. The zero-order valence-electron chi connectivity index (χ0n) is 11.2. The van der Waals surface area contributed by atoms with Crippen LogP contribution in [0.2, 0.25) is 0 Å². The zero-order valence-corrected chi connectivity index (χ0v) is 11.2. The summed E-state index contributed by atoms with van der Waals surface area (Å²) < 4.78 is 0. The largest absolute Gasteiger partial charge is 0.332 e. The van der Waals surface area contributed by atoms with Crippen LogP contribution in [-0.4, -0.2) is 60.4 Å². The fourth-order valence-electron chi connectivity index (χ4n) is 1.66. The van der Waals surface area contributed by atoms with Gasteiger partial charge in [-0.2, -0.15) is 0 Å². The van der Waals surface area contributed by atoms with Gasteiger partial charge in [-0.05, 0) is 20.3 Å². The van der Waals surface area contributed by atoms with Crippen LogP contribution in [0, 0.1) is 0 Å². The molecule has 5 heteroatoms. The summed E-state index contributed by atoms with van der Waals surface area (Å²) in [6.45, 7) is 8.71. The van der Waals surface area contributed by atoms with Crippen molar-refractivity contribution < 1.29 is 9.59 Å². The molecule has 1 rings (SSSR count). The molecule has 0 radical (unpaired) electrons. The van der Waals surface area contributed by atoms with Crippen LogP contribution >= 0.6 is 0 Å². The Labute approximate surface area is 103 Å². The highest BCUT2D eigenvalue weighted by molar-refractivity contribution is 6.35. The summed E-state index contributed by atoms with van der Waals surface area (Å²) in [5.74, 6) is -0.783. The molecule has 1 saturated heterocycles. The molecule has 17 heavy (non-hydrogen) atoms. The Morgan fingerprint density at radius 2 is 1.82 bits per heavy atom. The number of likely N-dealkylation sites (N-methyl/N-ethyl adjacent to an activating group) is 1. The third kappa shape index (κ3) is 3.19. The van der Waals surface area contributed by atoms with E-state index in [4.69, 9.17) is 0 Å². The van der Waals surface area contributed by atoms with E-state index in [2.05, 4.69) is 5.32 Å². The molecular weight excluding hydrogens is 218 g/mol. The maximum Gasteiger partial charge on any atom is 0.312 e. The minimum atomic E-state index is -0.404. The molecule has 0 aromatic carbocycles. The van der Waals surface area contributed by atoms with Crippen molar-refractivity contribution in [1.82, 2.24) is 15.1 Å². The molecule has 0 aliphatic carbocycles. The minimum Gasteiger partial charge on any atom is -0.332 e. The van der Waals surface area contributed by atoms with E-state index in [1.165, 1.54) is 0 Å². The molecule has 0 unspecified atom stereocenters. The lowest BCUT2D eigenvalue weighted by Crippen LogP contribution is -2.55. The molecule has 1 N–H and O–H groups in total. The van der Waals surface area contributed by atoms with Crippen molar-refractivity contribution in [2.45, 2.75) is 32.7 Å². The van der Waals surface area contributed by atoms with Crippen molar-refractivity contribution in [1.29, 1.82) is 0 Å². The average molecular weight is 241 g/mol. The number of amides is 2. The van der Waals surface area contributed by atoms with E-state index in [0.717, 1.165) is 19.5 Å². The number of rotatable bonds is 2. The molecule has 0 spiro atoms. The van der Waals surface area contributed by atoms with Gasteiger partial charge in [-0.1, -0.05) is 6.92 Å². The van der Waals surface area contributed by atoms with E-state index >= 15 is 0 Å². The fourth-order valence-corrected chi connectivity index (χ4v) is 1.66. The first kappa shape index (κ1) is 14.0. The molecular formula is C12H23N3O2. The first-order chi connectivity index (χ1) is 7.90. The number of hydrogen-bond donors (Lipinski definition) is 1. The van der Waals surface area contributed by atoms with Gasteiger partial charge in [-0.3, -0.25) is 9.59 Å². The lowest BCUT2D eigenvalue weighted by molar-refractivity contribution is -0.154. The Bertz CT molecular complexity index is 296. The standard InChI is InChI=1S/C12H23N3O2/c1-5-12(2,3)14(4)10(16)11(17)15-8-6-13-7-9-15/h13H,5-9H2,1-4H3. The van der Waals surface area contributed by atoms with Crippen LogP contribution < -0.4 is 5.32 Å². The lowest BCUT2D eigenvalue weighted by atomic mass is 10.00. The molecule has 1 fully saturated rings. The van der Waals surface area contributed by atoms with E-state index in [1.54, 1.807) is 16.8 Å². The van der Waals surface area contributed by atoms with Gasteiger partial charge in [-0.25, -0.2) is 0 Å².